The third-order valence-corrected chi connectivity index (χ3v) is 6.76. The molecule has 7 heteroatoms. The van der Waals surface area contributed by atoms with Crippen molar-refractivity contribution in [2.45, 2.75) is 33.1 Å². The van der Waals surface area contributed by atoms with Gasteiger partial charge in [0.15, 0.2) is 0 Å². The number of aryl methyl sites for hydroxylation is 1. The number of hydrogen-bond donors (Lipinski definition) is 3. The van der Waals surface area contributed by atoms with E-state index in [0.29, 0.717) is 32.4 Å². The lowest BCUT2D eigenvalue weighted by molar-refractivity contribution is 0.102. The fraction of sp³-hybridized carbons (Fsp3) is 0.300. The maximum Gasteiger partial charge on any atom is 0.265 e. The van der Waals surface area contributed by atoms with Crippen molar-refractivity contribution in [3.63, 3.8) is 0 Å². The number of pyridine rings is 1. The predicted molar refractivity (Wildman–Crippen MR) is 109 cm³/mol. The Morgan fingerprint density at radius 2 is 2.19 bits per heavy atom. The first-order valence-corrected chi connectivity index (χ1v) is 10.0. The molecule has 0 radical (unpaired) electrons. The summed E-state index contributed by atoms with van der Waals surface area (Å²) < 4.78 is 0. The molecular formula is C20H19ClN2O3S. The molecule has 0 saturated carbocycles. The summed E-state index contributed by atoms with van der Waals surface area (Å²) in [7, 11) is 0. The monoisotopic (exact) mass is 402 g/mol. The van der Waals surface area contributed by atoms with E-state index in [4.69, 9.17) is 11.6 Å². The van der Waals surface area contributed by atoms with Crippen molar-refractivity contribution >= 4 is 44.7 Å². The van der Waals surface area contributed by atoms with E-state index in [0.717, 1.165) is 24.8 Å². The summed E-state index contributed by atoms with van der Waals surface area (Å²) in [4.78, 5) is 29.9. The van der Waals surface area contributed by atoms with Crippen LogP contribution >= 0.6 is 22.9 Å². The van der Waals surface area contributed by atoms with Crippen LogP contribution < -0.4 is 10.9 Å². The number of fused-ring (bicyclic) bond motifs is 3. The average Bonchev–Trinajstić information content (AvgIpc) is 2.96. The summed E-state index contributed by atoms with van der Waals surface area (Å²) in [5.41, 5.74) is 1.40. The molecule has 0 fully saturated rings. The minimum Gasteiger partial charge on any atom is -0.506 e. The molecule has 3 aromatic rings. The molecule has 27 heavy (non-hydrogen) atoms. The highest BCUT2D eigenvalue weighted by Crippen LogP contribution is 2.41. The molecule has 0 saturated heterocycles. The lowest BCUT2D eigenvalue weighted by Crippen LogP contribution is -2.23. The van der Waals surface area contributed by atoms with Gasteiger partial charge in [-0.15, -0.1) is 11.3 Å². The minimum atomic E-state index is -0.648. The van der Waals surface area contributed by atoms with Crippen LogP contribution in [0, 0.1) is 12.8 Å². The van der Waals surface area contributed by atoms with E-state index >= 15 is 0 Å². The zero-order valence-electron chi connectivity index (χ0n) is 15.0. The van der Waals surface area contributed by atoms with Crippen LogP contribution in [0.3, 0.4) is 0 Å². The van der Waals surface area contributed by atoms with Gasteiger partial charge in [0.25, 0.3) is 11.5 Å². The van der Waals surface area contributed by atoms with Gasteiger partial charge in [0.1, 0.15) is 16.1 Å². The van der Waals surface area contributed by atoms with Crippen molar-refractivity contribution in [3.8, 4) is 5.75 Å². The first-order valence-electron chi connectivity index (χ1n) is 8.82. The van der Waals surface area contributed by atoms with E-state index in [1.807, 2.05) is 0 Å². The highest BCUT2D eigenvalue weighted by molar-refractivity contribution is 7.18. The van der Waals surface area contributed by atoms with Gasteiger partial charge in [-0.3, -0.25) is 9.59 Å². The molecule has 2 heterocycles. The third-order valence-electron chi connectivity index (χ3n) is 5.18. The van der Waals surface area contributed by atoms with Crippen LogP contribution in [0.5, 0.6) is 5.75 Å². The number of carbonyl (C=O) groups is 1. The van der Waals surface area contributed by atoms with Crippen molar-refractivity contribution in [1.82, 2.24) is 4.98 Å². The molecule has 5 nitrogen and oxygen atoms in total. The first kappa shape index (κ1) is 18.1. The van der Waals surface area contributed by atoms with E-state index in [2.05, 4.69) is 17.2 Å². The number of carbonyl (C=O) groups excluding carboxylic acids is 1. The third kappa shape index (κ3) is 3.03. The molecule has 1 amide bonds. The maximum atomic E-state index is 12.8. The molecule has 1 aliphatic carbocycles. The van der Waals surface area contributed by atoms with Crippen LogP contribution in [-0.2, 0) is 12.8 Å². The molecule has 1 aliphatic rings. The second kappa shape index (κ2) is 6.69. The highest BCUT2D eigenvalue weighted by atomic mass is 35.5. The van der Waals surface area contributed by atoms with Gasteiger partial charge in [0.2, 0.25) is 0 Å². The fourth-order valence-corrected chi connectivity index (χ4v) is 5.21. The molecule has 3 N–H and O–H groups in total. The second-order valence-electron chi connectivity index (χ2n) is 7.10. The lowest BCUT2D eigenvalue weighted by atomic mass is 9.89. The molecule has 1 atom stereocenters. The van der Waals surface area contributed by atoms with Crippen molar-refractivity contribution in [1.29, 1.82) is 0 Å². The largest absolute Gasteiger partial charge is 0.506 e. The molecule has 0 spiro atoms. The molecule has 0 bridgehead atoms. The quantitative estimate of drug-likeness (QED) is 0.584. The number of thiophene rings is 1. The zero-order valence-corrected chi connectivity index (χ0v) is 16.6. The second-order valence-corrected chi connectivity index (χ2v) is 8.61. The molecule has 2 aromatic heterocycles. The fourth-order valence-electron chi connectivity index (χ4n) is 3.63. The molecule has 140 valence electrons. The van der Waals surface area contributed by atoms with Crippen LogP contribution in [0.1, 0.15) is 39.7 Å². The Morgan fingerprint density at radius 3 is 2.96 bits per heavy atom. The summed E-state index contributed by atoms with van der Waals surface area (Å²) in [6, 6.07) is 5.15. The topological polar surface area (TPSA) is 82.2 Å². The molecule has 1 unspecified atom stereocenters. The average molecular weight is 403 g/mol. The number of anilines is 1. The smallest absolute Gasteiger partial charge is 0.265 e. The standard InChI is InChI=1S/C20H19ClN2O3S/c1-9-6-7-11-14(8-9)27-20-15(11)17(24)16(19(26)23-20)18(25)22-13-5-3-4-12(21)10(13)2/h3-5,9H,6-8H2,1-2H3,(H,22,25)(H2,23,24,26). The van der Waals surface area contributed by atoms with Crippen molar-refractivity contribution in [2.75, 3.05) is 5.32 Å². The maximum absolute atomic E-state index is 12.8. The number of amides is 1. The highest BCUT2D eigenvalue weighted by Gasteiger charge is 2.27. The summed E-state index contributed by atoms with van der Waals surface area (Å²) in [5.74, 6) is -0.309. The lowest BCUT2D eigenvalue weighted by Gasteiger charge is -2.18. The van der Waals surface area contributed by atoms with Crippen LogP contribution in [0.4, 0.5) is 5.69 Å². The van der Waals surface area contributed by atoms with Crippen LogP contribution in [0.2, 0.25) is 5.02 Å². The number of aromatic amines is 1. The van der Waals surface area contributed by atoms with Gasteiger partial charge in [-0.05, 0) is 55.4 Å². The number of benzene rings is 1. The number of halogens is 1. The van der Waals surface area contributed by atoms with Crippen molar-refractivity contribution in [2.24, 2.45) is 5.92 Å². The summed E-state index contributed by atoms with van der Waals surface area (Å²) in [6.45, 7) is 3.98. The number of aromatic hydroxyl groups is 1. The summed E-state index contributed by atoms with van der Waals surface area (Å²) in [6.07, 6.45) is 2.80. The number of H-pyrrole nitrogens is 1. The van der Waals surface area contributed by atoms with E-state index < -0.39 is 11.5 Å². The molecule has 0 aliphatic heterocycles. The van der Waals surface area contributed by atoms with Gasteiger partial charge in [-0.25, -0.2) is 0 Å². The molecular weight excluding hydrogens is 384 g/mol. The Hall–Kier alpha value is -2.31. The van der Waals surface area contributed by atoms with Crippen LogP contribution in [0.25, 0.3) is 10.2 Å². The van der Waals surface area contributed by atoms with Gasteiger partial charge in [0, 0.05) is 15.6 Å². The van der Waals surface area contributed by atoms with Gasteiger partial charge in [0.05, 0.1) is 5.39 Å². The van der Waals surface area contributed by atoms with Gasteiger partial charge < -0.3 is 15.4 Å². The van der Waals surface area contributed by atoms with Crippen molar-refractivity contribution in [3.05, 3.63) is 55.1 Å². The van der Waals surface area contributed by atoms with E-state index in [1.165, 1.54) is 16.2 Å². The first-order chi connectivity index (χ1) is 12.9. The minimum absolute atomic E-state index is 0.238. The number of hydrogen-bond acceptors (Lipinski definition) is 4. The summed E-state index contributed by atoms with van der Waals surface area (Å²) in [5, 5.41) is 14.6. The molecule has 4 rings (SSSR count). The van der Waals surface area contributed by atoms with Crippen LogP contribution in [0.15, 0.2) is 23.0 Å². The SMILES string of the molecule is Cc1c(Cl)cccc1NC(=O)c1c(O)c2c3c(sc2[nH]c1=O)CC(C)CC3. The number of nitrogens with one attached hydrogen (secondary N) is 2. The Balaban J connectivity index is 1.81. The Kier molecular flexibility index (Phi) is 4.48. The number of aromatic nitrogens is 1. The Bertz CT molecular complexity index is 1130. The normalized spacial score (nSPS) is 16.3. The Labute approximate surface area is 165 Å². The zero-order chi connectivity index (χ0) is 19.3. The van der Waals surface area contributed by atoms with E-state index in [1.54, 1.807) is 25.1 Å². The number of rotatable bonds is 2. The van der Waals surface area contributed by atoms with Crippen LogP contribution in [-0.4, -0.2) is 16.0 Å². The Morgan fingerprint density at radius 1 is 1.41 bits per heavy atom. The van der Waals surface area contributed by atoms with Gasteiger partial charge >= 0.3 is 0 Å². The predicted octanol–water partition coefficient (Wildman–Crippen LogP) is 4.63. The van der Waals surface area contributed by atoms with E-state index in [9.17, 15) is 14.7 Å². The molecule has 1 aromatic carbocycles. The van der Waals surface area contributed by atoms with E-state index in [-0.39, 0.29) is 11.3 Å². The van der Waals surface area contributed by atoms with Crippen molar-refractivity contribution < 1.29 is 9.90 Å². The van der Waals surface area contributed by atoms with Gasteiger partial charge in [-0.2, -0.15) is 0 Å². The van der Waals surface area contributed by atoms with Gasteiger partial charge in [-0.1, -0.05) is 24.6 Å². The summed E-state index contributed by atoms with van der Waals surface area (Å²) >= 11 is 7.59.